The first-order valence-electron chi connectivity index (χ1n) is 12.6. The van der Waals surface area contributed by atoms with E-state index in [0.717, 1.165) is 24.8 Å². The van der Waals surface area contributed by atoms with Gasteiger partial charge in [0.25, 0.3) is 5.91 Å². The Morgan fingerprint density at radius 3 is 2.59 bits per heavy atom. The molecule has 1 atom stereocenters. The number of thiophene rings is 1. The van der Waals surface area contributed by atoms with Crippen LogP contribution in [0.1, 0.15) is 39.7 Å². The van der Waals surface area contributed by atoms with Crippen molar-refractivity contribution >= 4 is 23.2 Å². The first-order valence-corrected chi connectivity index (χ1v) is 13.5. The summed E-state index contributed by atoms with van der Waals surface area (Å²) in [4.78, 5) is 32.1. The Morgan fingerprint density at radius 2 is 1.84 bits per heavy atom. The molecule has 37 heavy (non-hydrogen) atoms. The number of methoxy groups -OCH3 is 2. The summed E-state index contributed by atoms with van der Waals surface area (Å²) in [6.45, 7) is 1.53. The van der Waals surface area contributed by atoms with Gasteiger partial charge in [-0.3, -0.25) is 9.59 Å². The molecule has 8 heteroatoms. The summed E-state index contributed by atoms with van der Waals surface area (Å²) in [6, 6.07) is 16.5. The Balaban J connectivity index is 1.35. The van der Waals surface area contributed by atoms with Gasteiger partial charge in [0.15, 0.2) is 11.5 Å². The lowest BCUT2D eigenvalue weighted by molar-refractivity contribution is -0.135. The lowest BCUT2D eigenvalue weighted by Crippen LogP contribution is -2.48. The van der Waals surface area contributed by atoms with Crippen molar-refractivity contribution in [2.24, 2.45) is 5.92 Å². The zero-order valence-corrected chi connectivity index (χ0v) is 22.0. The van der Waals surface area contributed by atoms with Crippen LogP contribution in [-0.2, 0) is 11.2 Å². The molecule has 7 nitrogen and oxygen atoms in total. The molecule has 0 bridgehead atoms. The van der Waals surface area contributed by atoms with E-state index in [1.54, 1.807) is 48.7 Å². The van der Waals surface area contributed by atoms with Gasteiger partial charge in [-0.2, -0.15) is 0 Å². The molecule has 1 aliphatic carbocycles. The number of nitrogens with zero attached hydrogens (tertiary/aromatic N) is 2. The molecule has 2 aliphatic rings. The minimum Gasteiger partial charge on any atom is -0.497 e. The van der Waals surface area contributed by atoms with Crippen LogP contribution in [0, 0.1) is 5.92 Å². The monoisotopic (exact) mass is 520 g/mol. The molecule has 0 saturated heterocycles. The lowest BCUT2D eigenvalue weighted by Gasteiger charge is -2.37. The molecular weight excluding hydrogens is 488 g/mol. The SMILES string of the molecule is COc1cccc(C(=O)N(CC(=O)N2CCc3sccc3[C@@H]2COc2ccccc2OC)CC2CC2)c1. The van der Waals surface area contributed by atoms with Gasteiger partial charge in [-0.25, -0.2) is 0 Å². The van der Waals surface area contributed by atoms with Crippen molar-refractivity contribution in [3.63, 3.8) is 0 Å². The smallest absolute Gasteiger partial charge is 0.254 e. The highest BCUT2D eigenvalue weighted by Gasteiger charge is 2.35. The molecule has 5 rings (SSSR count). The van der Waals surface area contributed by atoms with Crippen molar-refractivity contribution in [3.05, 3.63) is 76.0 Å². The molecule has 2 amide bonds. The first kappa shape index (κ1) is 25.1. The zero-order chi connectivity index (χ0) is 25.8. The molecule has 0 N–H and O–H groups in total. The van der Waals surface area contributed by atoms with Gasteiger partial charge >= 0.3 is 0 Å². The van der Waals surface area contributed by atoms with Gasteiger partial charge in [-0.05, 0) is 72.5 Å². The number of para-hydroxylation sites is 2. The van der Waals surface area contributed by atoms with Crippen LogP contribution in [0.5, 0.6) is 17.2 Å². The normalized spacial score (nSPS) is 16.6. The van der Waals surface area contributed by atoms with Crippen molar-refractivity contribution in [2.75, 3.05) is 40.5 Å². The molecule has 1 fully saturated rings. The number of carbonyl (C=O) groups excluding carboxylic acids is 2. The van der Waals surface area contributed by atoms with Crippen molar-refractivity contribution in [3.8, 4) is 17.2 Å². The van der Waals surface area contributed by atoms with Crippen molar-refractivity contribution < 1.29 is 23.8 Å². The minimum absolute atomic E-state index is 0.0389. The van der Waals surface area contributed by atoms with Gasteiger partial charge in [0.1, 0.15) is 18.9 Å². The molecule has 1 aliphatic heterocycles. The number of amides is 2. The maximum absolute atomic E-state index is 13.8. The van der Waals surface area contributed by atoms with Crippen LogP contribution >= 0.6 is 11.3 Å². The lowest BCUT2D eigenvalue weighted by atomic mass is 10.00. The maximum Gasteiger partial charge on any atom is 0.254 e. The predicted molar refractivity (Wildman–Crippen MR) is 143 cm³/mol. The van der Waals surface area contributed by atoms with Crippen molar-refractivity contribution in [1.29, 1.82) is 0 Å². The topological polar surface area (TPSA) is 68.3 Å². The van der Waals surface area contributed by atoms with E-state index in [0.29, 0.717) is 48.4 Å². The Kier molecular flexibility index (Phi) is 7.65. The van der Waals surface area contributed by atoms with E-state index < -0.39 is 0 Å². The van der Waals surface area contributed by atoms with E-state index in [-0.39, 0.29) is 24.4 Å². The van der Waals surface area contributed by atoms with E-state index >= 15 is 0 Å². The van der Waals surface area contributed by atoms with Gasteiger partial charge in [0, 0.05) is 23.5 Å². The highest BCUT2D eigenvalue weighted by Crippen LogP contribution is 2.36. The number of benzene rings is 2. The van der Waals surface area contributed by atoms with Gasteiger partial charge < -0.3 is 24.0 Å². The molecule has 2 aromatic carbocycles. The fourth-order valence-corrected chi connectivity index (χ4v) is 5.73. The summed E-state index contributed by atoms with van der Waals surface area (Å²) in [5.41, 5.74) is 1.65. The van der Waals surface area contributed by atoms with Crippen LogP contribution in [0.2, 0.25) is 0 Å². The number of ether oxygens (including phenoxy) is 3. The molecule has 1 aromatic heterocycles. The van der Waals surface area contributed by atoms with Crippen molar-refractivity contribution in [1.82, 2.24) is 9.80 Å². The number of rotatable bonds is 10. The summed E-state index contributed by atoms with van der Waals surface area (Å²) < 4.78 is 16.9. The Morgan fingerprint density at radius 1 is 1.03 bits per heavy atom. The van der Waals surface area contributed by atoms with Crippen molar-refractivity contribution in [2.45, 2.75) is 25.3 Å². The molecule has 0 unspecified atom stereocenters. The predicted octanol–water partition coefficient (Wildman–Crippen LogP) is 4.82. The first-order chi connectivity index (χ1) is 18.1. The van der Waals surface area contributed by atoms with E-state index in [9.17, 15) is 9.59 Å². The van der Waals surface area contributed by atoms with Gasteiger partial charge in [0.2, 0.25) is 5.91 Å². The number of carbonyl (C=O) groups is 2. The number of fused-ring (bicyclic) bond motifs is 1. The summed E-state index contributed by atoms with van der Waals surface area (Å²) in [7, 11) is 3.20. The van der Waals surface area contributed by atoms with Crippen LogP contribution < -0.4 is 14.2 Å². The van der Waals surface area contributed by atoms with E-state index in [1.807, 2.05) is 35.2 Å². The summed E-state index contributed by atoms with van der Waals surface area (Å²) in [6.07, 6.45) is 2.98. The second-order valence-corrected chi connectivity index (χ2v) is 10.5. The van der Waals surface area contributed by atoms with Gasteiger partial charge in [-0.15, -0.1) is 11.3 Å². The largest absolute Gasteiger partial charge is 0.497 e. The number of hydrogen-bond acceptors (Lipinski definition) is 6. The molecule has 2 heterocycles. The Labute approximate surface area is 221 Å². The van der Waals surface area contributed by atoms with E-state index in [1.165, 1.54) is 4.88 Å². The zero-order valence-electron chi connectivity index (χ0n) is 21.2. The van der Waals surface area contributed by atoms with Crippen LogP contribution in [-0.4, -0.2) is 62.1 Å². The van der Waals surface area contributed by atoms with Crippen LogP contribution in [0.15, 0.2) is 60.0 Å². The van der Waals surface area contributed by atoms with Crippen LogP contribution in [0.25, 0.3) is 0 Å². The summed E-state index contributed by atoms with van der Waals surface area (Å²) >= 11 is 1.71. The second kappa shape index (κ2) is 11.3. The molecule has 0 spiro atoms. The average Bonchev–Trinajstić information content (AvgIpc) is 3.63. The third-order valence-corrected chi connectivity index (χ3v) is 7.98. The van der Waals surface area contributed by atoms with Gasteiger partial charge in [-0.1, -0.05) is 18.2 Å². The molecule has 194 valence electrons. The van der Waals surface area contributed by atoms with Gasteiger partial charge in [0.05, 0.1) is 20.3 Å². The quantitative estimate of drug-likeness (QED) is 0.383. The highest BCUT2D eigenvalue weighted by atomic mass is 32.1. The molecule has 3 aromatic rings. The minimum atomic E-state index is -0.234. The molecule has 0 radical (unpaired) electrons. The number of hydrogen-bond donors (Lipinski definition) is 0. The highest BCUT2D eigenvalue weighted by molar-refractivity contribution is 7.10. The van der Waals surface area contributed by atoms with E-state index in [4.69, 9.17) is 14.2 Å². The maximum atomic E-state index is 13.8. The molecule has 1 saturated carbocycles. The Hall–Kier alpha value is -3.52. The third-order valence-electron chi connectivity index (χ3n) is 6.99. The standard InChI is InChI=1S/C29H32N2O5S/c1-34-22-7-5-6-21(16-22)29(33)30(17-20-10-11-20)18-28(32)31-14-12-27-23(13-15-37-27)24(31)19-36-26-9-4-3-8-25(26)35-2/h3-9,13,15-16,20,24H,10-12,14,17-19H2,1-2H3/t24-/m0/s1. The Bertz CT molecular complexity index is 1250. The van der Waals surface area contributed by atoms with E-state index in [2.05, 4.69) is 11.4 Å². The summed E-state index contributed by atoms with van der Waals surface area (Å²) in [5.74, 6) is 2.16. The third kappa shape index (κ3) is 5.74. The molecular formula is C29H32N2O5S. The second-order valence-electron chi connectivity index (χ2n) is 9.47. The fourth-order valence-electron chi connectivity index (χ4n) is 4.81. The van der Waals surface area contributed by atoms with Crippen LogP contribution in [0.3, 0.4) is 0 Å². The average molecular weight is 521 g/mol. The fraction of sp³-hybridized carbons (Fsp3) is 0.379. The summed E-state index contributed by atoms with van der Waals surface area (Å²) in [5, 5.41) is 2.07. The van der Waals surface area contributed by atoms with Crippen LogP contribution in [0.4, 0.5) is 0 Å².